The topological polar surface area (TPSA) is 77.6 Å². The second kappa shape index (κ2) is 6.57. The van der Waals surface area contributed by atoms with Crippen molar-refractivity contribution in [2.45, 2.75) is 0 Å². The normalized spacial score (nSPS) is 10.5. The molecule has 0 spiro atoms. The highest BCUT2D eigenvalue weighted by molar-refractivity contribution is 5.92. The van der Waals surface area contributed by atoms with E-state index in [0.29, 0.717) is 23.1 Å². The van der Waals surface area contributed by atoms with Crippen LogP contribution < -0.4 is 24.3 Å². The number of hydrogen-bond acceptors (Lipinski definition) is 6. The minimum atomic E-state index is 0.544. The number of hydrogen-bond donors (Lipinski definition) is 2. The summed E-state index contributed by atoms with van der Waals surface area (Å²) < 4.78 is 21.3. The Morgan fingerprint density at radius 2 is 1.58 bits per heavy atom. The van der Waals surface area contributed by atoms with E-state index in [1.165, 1.54) is 0 Å². The van der Waals surface area contributed by atoms with E-state index in [9.17, 15) is 0 Å². The van der Waals surface area contributed by atoms with Crippen molar-refractivity contribution < 1.29 is 18.9 Å². The van der Waals surface area contributed by atoms with Crippen LogP contribution >= 0.6 is 0 Å². The van der Waals surface area contributed by atoms with Crippen LogP contribution in [0.2, 0.25) is 0 Å². The molecule has 0 atom stereocenters. The van der Waals surface area contributed by atoms with E-state index in [2.05, 4.69) is 15.5 Å². The summed E-state index contributed by atoms with van der Waals surface area (Å²) in [6.45, 7) is 0. The molecule has 0 saturated heterocycles. The second-order valence-electron chi connectivity index (χ2n) is 5.02. The quantitative estimate of drug-likeness (QED) is 0.722. The summed E-state index contributed by atoms with van der Waals surface area (Å²) in [6, 6.07) is 9.37. The van der Waals surface area contributed by atoms with Crippen molar-refractivity contribution in [3.63, 3.8) is 0 Å². The Balaban J connectivity index is 1.99. The number of anilines is 2. The number of aromatic amines is 1. The molecule has 0 aliphatic carbocycles. The molecule has 0 unspecified atom stereocenters. The molecule has 0 fully saturated rings. The van der Waals surface area contributed by atoms with Crippen LogP contribution in [-0.4, -0.2) is 38.6 Å². The predicted molar refractivity (Wildman–Crippen MR) is 92.0 cm³/mol. The average molecular weight is 329 g/mol. The molecule has 0 amide bonds. The van der Waals surface area contributed by atoms with Gasteiger partial charge in [-0.25, -0.2) is 0 Å². The Hall–Kier alpha value is -3.09. The molecular weight excluding hydrogens is 310 g/mol. The van der Waals surface area contributed by atoms with E-state index >= 15 is 0 Å². The predicted octanol–water partition coefficient (Wildman–Crippen LogP) is 3.34. The molecule has 1 aromatic heterocycles. The molecule has 126 valence electrons. The van der Waals surface area contributed by atoms with Crippen LogP contribution in [0.5, 0.6) is 23.0 Å². The third-order valence-corrected chi connectivity index (χ3v) is 3.70. The van der Waals surface area contributed by atoms with Gasteiger partial charge in [0.1, 0.15) is 5.75 Å². The number of nitrogens with one attached hydrogen (secondary N) is 2. The second-order valence-corrected chi connectivity index (χ2v) is 5.02. The van der Waals surface area contributed by atoms with Crippen LogP contribution in [-0.2, 0) is 0 Å². The highest BCUT2D eigenvalue weighted by atomic mass is 16.5. The molecule has 24 heavy (non-hydrogen) atoms. The maximum absolute atomic E-state index is 5.37. The maximum atomic E-state index is 5.37. The first-order valence-electron chi connectivity index (χ1n) is 7.29. The van der Waals surface area contributed by atoms with Crippen LogP contribution in [0, 0.1) is 0 Å². The lowest BCUT2D eigenvalue weighted by molar-refractivity contribution is 0.324. The molecule has 0 bridgehead atoms. The van der Waals surface area contributed by atoms with Gasteiger partial charge in [0, 0.05) is 29.3 Å². The number of nitrogens with zero attached hydrogens (tertiary/aromatic N) is 1. The fraction of sp³-hybridized carbons (Fsp3) is 0.235. The number of ether oxygens (including phenoxy) is 4. The van der Waals surface area contributed by atoms with E-state index in [4.69, 9.17) is 18.9 Å². The summed E-state index contributed by atoms with van der Waals surface area (Å²) in [5, 5.41) is 11.5. The molecule has 2 aromatic carbocycles. The highest BCUT2D eigenvalue weighted by Crippen LogP contribution is 2.41. The number of fused-ring (bicyclic) bond motifs is 1. The van der Waals surface area contributed by atoms with Crippen molar-refractivity contribution in [3.8, 4) is 23.0 Å². The molecule has 2 N–H and O–H groups in total. The van der Waals surface area contributed by atoms with Gasteiger partial charge in [0.15, 0.2) is 17.3 Å². The molecule has 1 heterocycles. The van der Waals surface area contributed by atoms with Gasteiger partial charge < -0.3 is 24.3 Å². The van der Waals surface area contributed by atoms with Crippen molar-refractivity contribution in [1.29, 1.82) is 0 Å². The first-order valence-corrected chi connectivity index (χ1v) is 7.29. The van der Waals surface area contributed by atoms with E-state index in [0.717, 1.165) is 22.3 Å². The summed E-state index contributed by atoms with van der Waals surface area (Å²) >= 11 is 0. The largest absolute Gasteiger partial charge is 0.497 e. The minimum Gasteiger partial charge on any atom is -0.497 e. The average Bonchev–Trinajstić information content (AvgIpc) is 3.02. The van der Waals surface area contributed by atoms with Crippen LogP contribution in [0.25, 0.3) is 10.9 Å². The van der Waals surface area contributed by atoms with Crippen LogP contribution in [0.1, 0.15) is 0 Å². The van der Waals surface area contributed by atoms with E-state index in [1.54, 1.807) is 28.4 Å². The Morgan fingerprint density at radius 3 is 2.17 bits per heavy atom. The third kappa shape index (κ3) is 2.76. The first-order chi connectivity index (χ1) is 11.7. The lowest BCUT2D eigenvalue weighted by Gasteiger charge is -2.14. The van der Waals surface area contributed by atoms with Gasteiger partial charge in [-0.15, -0.1) is 0 Å². The summed E-state index contributed by atoms with van der Waals surface area (Å²) in [5.74, 6) is 3.15. The molecule has 3 rings (SSSR count). The van der Waals surface area contributed by atoms with Gasteiger partial charge in [-0.1, -0.05) is 0 Å². The molecule has 7 nitrogen and oxygen atoms in total. The summed E-state index contributed by atoms with van der Waals surface area (Å²) in [7, 11) is 6.36. The van der Waals surface area contributed by atoms with Crippen LogP contribution in [0.3, 0.4) is 0 Å². The van der Waals surface area contributed by atoms with Crippen LogP contribution in [0.15, 0.2) is 30.3 Å². The summed E-state index contributed by atoms with van der Waals surface area (Å²) in [4.78, 5) is 0. The Morgan fingerprint density at radius 1 is 0.875 bits per heavy atom. The van der Waals surface area contributed by atoms with Gasteiger partial charge in [-0.3, -0.25) is 5.10 Å². The van der Waals surface area contributed by atoms with Gasteiger partial charge >= 0.3 is 0 Å². The SMILES string of the molecule is COc1ccc2c(Nc3cc(OC)c(OC)c(OC)c3)n[nH]c2c1. The monoisotopic (exact) mass is 329 g/mol. The lowest BCUT2D eigenvalue weighted by Crippen LogP contribution is -1.98. The number of aromatic nitrogens is 2. The number of benzene rings is 2. The number of methoxy groups -OCH3 is 4. The zero-order valence-corrected chi connectivity index (χ0v) is 14.0. The van der Waals surface area contributed by atoms with Gasteiger partial charge in [0.05, 0.1) is 34.0 Å². The Labute approximate surface area is 139 Å². The van der Waals surface area contributed by atoms with Crippen molar-refractivity contribution in [2.75, 3.05) is 33.8 Å². The first kappa shape index (κ1) is 15.8. The standard InChI is InChI=1S/C17H19N3O4/c1-21-11-5-6-12-13(9-11)19-20-17(12)18-10-7-14(22-2)16(24-4)15(8-10)23-3/h5-9H,1-4H3,(H2,18,19,20). The summed E-state index contributed by atoms with van der Waals surface area (Å²) in [6.07, 6.45) is 0. The Kier molecular flexibility index (Phi) is 4.33. The molecule has 7 heteroatoms. The molecule has 0 saturated carbocycles. The molecule has 0 radical (unpaired) electrons. The van der Waals surface area contributed by atoms with Crippen molar-refractivity contribution in [1.82, 2.24) is 10.2 Å². The Bertz CT molecular complexity index is 835. The molecular formula is C17H19N3O4. The van der Waals surface area contributed by atoms with Crippen molar-refractivity contribution in [3.05, 3.63) is 30.3 Å². The van der Waals surface area contributed by atoms with Crippen molar-refractivity contribution in [2.24, 2.45) is 0 Å². The van der Waals surface area contributed by atoms with Gasteiger partial charge in [-0.2, -0.15) is 5.10 Å². The summed E-state index contributed by atoms with van der Waals surface area (Å²) in [5.41, 5.74) is 1.65. The van der Waals surface area contributed by atoms with Gasteiger partial charge in [0.25, 0.3) is 0 Å². The fourth-order valence-corrected chi connectivity index (χ4v) is 2.51. The number of rotatable bonds is 6. The van der Waals surface area contributed by atoms with E-state index in [1.807, 2.05) is 30.3 Å². The lowest BCUT2D eigenvalue weighted by atomic mass is 10.2. The van der Waals surface area contributed by atoms with E-state index < -0.39 is 0 Å². The number of H-pyrrole nitrogens is 1. The zero-order valence-electron chi connectivity index (χ0n) is 14.0. The van der Waals surface area contributed by atoms with E-state index in [-0.39, 0.29) is 0 Å². The highest BCUT2D eigenvalue weighted by Gasteiger charge is 2.14. The molecule has 3 aromatic rings. The van der Waals surface area contributed by atoms with Crippen LogP contribution in [0.4, 0.5) is 11.5 Å². The molecule has 0 aliphatic rings. The van der Waals surface area contributed by atoms with Gasteiger partial charge in [-0.05, 0) is 12.1 Å². The minimum absolute atomic E-state index is 0.544. The zero-order chi connectivity index (χ0) is 17.1. The smallest absolute Gasteiger partial charge is 0.203 e. The van der Waals surface area contributed by atoms with Crippen molar-refractivity contribution >= 4 is 22.4 Å². The fourth-order valence-electron chi connectivity index (χ4n) is 2.51. The maximum Gasteiger partial charge on any atom is 0.203 e. The third-order valence-electron chi connectivity index (χ3n) is 3.70. The molecule has 0 aliphatic heterocycles. The van der Waals surface area contributed by atoms with Gasteiger partial charge in [0.2, 0.25) is 5.75 Å².